The van der Waals surface area contributed by atoms with E-state index in [1.807, 2.05) is 0 Å². The fraction of sp³-hybridized carbons (Fsp3) is 0.500. The van der Waals surface area contributed by atoms with Gasteiger partial charge < -0.3 is 10.0 Å². The fourth-order valence-electron chi connectivity index (χ4n) is 2.96. The summed E-state index contributed by atoms with van der Waals surface area (Å²) in [5, 5.41) is 9.21. The molecular formula is C16H19F2NO5S. The highest BCUT2D eigenvalue weighted by atomic mass is 32.2. The number of benzene rings is 1. The Morgan fingerprint density at radius 1 is 1.28 bits per heavy atom. The number of amides is 1. The number of likely N-dealkylation sites (tertiary alicyclic amines) is 1. The Labute approximate surface area is 144 Å². The summed E-state index contributed by atoms with van der Waals surface area (Å²) in [6.45, 7) is 2.12. The minimum atomic E-state index is -4.52. The van der Waals surface area contributed by atoms with Crippen LogP contribution in [0, 0.1) is 5.92 Å². The van der Waals surface area contributed by atoms with E-state index in [0.29, 0.717) is 19.4 Å². The predicted molar refractivity (Wildman–Crippen MR) is 85.9 cm³/mol. The summed E-state index contributed by atoms with van der Waals surface area (Å²) >= 11 is 0. The summed E-state index contributed by atoms with van der Waals surface area (Å²) < 4.78 is 47.2. The van der Waals surface area contributed by atoms with Crippen molar-refractivity contribution >= 4 is 21.7 Å². The predicted octanol–water partition coefficient (Wildman–Crippen LogP) is 2.15. The molecule has 1 aliphatic heterocycles. The SMILES string of the molecule is C[C@@H]1[C@H](C(=O)O)CCCN1C(=O)c1ccc(CS(=O)(=O)C(F)F)cc1. The van der Waals surface area contributed by atoms with Gasteiger partial charge in [-0.05, 0) is 37.5 Å². The van der Waals surface area contributed by atoms with Crippen LogP contribution in [0.15, 0.2) is 24.3 Å². The zero-order valence-corrected chi connectivity index (χ0v) is 14.4. The topological polar surface area (TPSA) is 91.8 Å². The van der Waals surface area contributed by atoms with Crippen LogP contribution in [0.4, 0.5) is 8.78 Å². The highest BCUT2D eigenvalue weighted by Crippen LogP contribution is 2.25. The number of carboxylic acid groups (broad SMARTS) is 1. The Morgan fingerprint density at radius 2 is 1.88 bits per heavy atom. The molecule has 1 heterocycles. The number of halogens is 2. The lowest BCUT2D eigenvalue weighted by molar-refractivity contribution is -0.144. The van der Waals surface area contributed by atoms with Crippen LogP contribution >= 0.6 is 0 Å². The molecule has 0 aromatic heterocycles. The molecule has 2 atom stereocenters. The molecule has 0 saturated carbocycles. The first kappa shape index (κ1) is 19.3. The molecule has 9 heteroatoms. The minimum absolute atomic E-state index is 0.159. The van der Waals surface area contributed by atoms with Crippen LogP contribution < -0.4 is 0 Å². The molecule has 1 amide bonds. The molecule has 6 nitrogen and oxygen atoms in total. The number of carboxylic acids is 1. The van der Waals surface area contributed by atoms with E-state index in [0.717, 1.165) is 0 Å². The number of carbonyl (C=O) groups excluding carboxylic acids is 1. The van der Waals surface area contributed by atoms with Gasteiger partial charge in [-0.1, -0.05) is 12.1 Å². The monoisotopic (exact) mass is 375 g/mol. The van der Waals surface area contributed by atoms with E-state index < -0.39 is 39.3 Å². The van der Waals surface area contributed by atoms with Crippen LogP contribution in [0.1, 0.15) is 35.7 Å². The maximum atomic E-state index is 12.6. The summed E-state index contributed by atoms with van der Waals surface area (Å²) in [7, 11) is -4.52. The van der Waals surface area contributed by atoms with Crippen molar-refractivity contribution in [2.45, 2.75) is 37.3 Å². The molecule has 0 bridgehead atoms. The largest absolute Gasteiger partial charge is 0.481 e. The molecule has 1 N–H and O–H groups in total. The van der Waals surface area contributed by atoms with E-state index in [4.69, 9.17) is 0 Å². The molecule has 1 aromatic carbocycles. The second-order valence-corrected chi connectivity index (χ2v) is 8.06. The van der Waals surface area contributed by atoms with Crippen LogP contribution in [0.5, 0.6) is 0 Å². The number of alkyl halides is 2. The van der Waals surface area contributed by atoms with Crippen molar-refractivity contribution in [3.8, 4) is 0 Å². The number of aliphatic carboxylic acids is 1. The lowest BCUT2D eigenvalue weighted by Gasteiger charge is -2.37. The highest BCUT2D eigenvalue weighted by Gasteiger charge is 2.35. The first-order chi connectivity index (χ1) is 11.6. The summed E-state index contributed by atoms with van der Waals surface area (Å²) in [4.78, 5) is 25.3. The Hall–Kier alpha value is -2.03. The van der Waals surface area contributed by atoms with E-state index >= 15 is 0 Å². The lowest BCUT2D eigenvalue weighted by atomic mass is 9.90. The Balaban J connectivity index is 2.14. The zero-order valence-electron chi connectivity index (χ0n) is 13.6. The molecule has 1 saturated heterocycles. The fourth-order valence-corrected chi connectivity index (χ4v) is 3.75. The van der Waals surface area contributed by atoms with E-state index in [9.17, 15) is 31.9 Å². The molecule has 0 radical (unpaired) electrons. The molecule has 138 valence electrons. The molecular weight excluding hydrogens is 356 g/mol. The van der Waals surface area contributed by atoms with Crippen molar-refractivity contribution in [1.82, 2.24) is 4.90 Å². The number of hydrogen-bond donors (Lipinski definition) is 1. The molecule has 2 rings (SSSR count). The van der Waals surface area contributed by atoms with E-state index in [1.165, 1.54) is 29.2 Å². The number of hydrogen-bond acceptors (Lipinski definition) is 4. The molecule has 1 aliphatic rings. The van der Waals surface area contributed by atoms with Gasteiger partial charge in [0.05, 0.1) is 11.7 Å². The van der Waals surface area contributed by atoms with Crippen molar-refractivity contribution in [3.05, 3.63) is 35.4 Å². The van der Waals surface area contributed by atoms with Gasteiger partial charge in [0.15, 0.2) is 0 Å². The molecule has 1 fully saturated rings. The van der Waals surface area contributed by atoms with Crippen LogP contribution in [0.2, 0.25) is 0 Å². The first-order valence-corrected chi connectivity index (χ1v) is 9.47. The second kappa shape index (κ2) is 7.47. The second-order valence-electron chi connectivity index (χ2n) is 6.09. The van der Waals surface area contributed by atoms with E-state index in [1.54, 1.807) is 6.92 Å². The number of piperidine rings is 1. The average Bonchev–Trinajstić information content (AvgIpc) is 2.54. The maximum absolute atomic E-state index is 12.6. The molecule has 25 heavy (non-hydrogen) atoms. The molecule has 0 spiro atoms. The Morgan fingerprint density at radius 3 is 2.40 bits per heavy atom. The smallest absolute Gasteiger partial charge is 0.337 e. The average molecular weight is 375 g/mol. The molecule has 1 aromatic rings. The van der Waals surface area contributed by atoms with Gasteiger partial charge in [-0.3, -0.25) is 9.59 Å². The normalized spacial score (nSPS) is 21.4. The lowest BCUT2D eigenvalue weighted by Crippen LogP contribution is -2.49. The summed E-state index contributed by atoms with van der Waals surface area (Å²) in [6, 6.07) is 4.91. The van der Waals surface area contributed by atoms with Crippen molar-refractivity contribution in [2.24, 2.45) is 5.92 Å². The van der Waals surface area contributed by atoms with Crippen molar-refractivity contribution in [3.63, 3.8) is 0 Å². The van der Waals surface area contributed by atoms with Gasteiger partial charge >= 0.3 is 11.7 Å². The van der Waals surface area contributed by atoms with Gasteiger partial charge in [-0.15, -0.1) is 0 Å². The third kappa shape index (κ3) is 4.33. The standard InChI is InChI=1S/C16H19F2NO5S/c1-10-13(15(21)22)3-2-8-19(10)14(20)12-6-4-11(5-7-12)9-25(23,24)16(17)18/h4-7,10,13,16H,2-3,8-9H2,1H3,(H,21,22)/t10-,13-/m1/s1. The maximum Gasteiger partial charge on any atom is 0.337 e. The number of nitrogens with zero attached hydrogens (tertiary/aromatic N) is 1. The molecule has 0 unspecified atom stereocenters. The third-order valence-electron chi connectivity index (χ3n) is 4.41. The van der Waals surface area contributed by atoms with Crippen LogP contribution in [0.25, 0.3) is 0 Å². The van der Waals surface area contributed by atoms with Crippen LogP contribution in [-0.4, -0.2) is 48.6 Å². The van der Waals surface area contributed by atoms with Crippen molar-refractivity contribution < 1.29 is 31.9 Å². The van der Waals surface area contributed by atoms with Gasteiger partial charge in [0.25, 0.3) is 5.91 Å². The number of sulfone groups is 1. The van der Waals surface area contributed by atoms with Gasteiger partial charge in [0.2, 0.25) is 9.84 Å². The van der Waals surface area contributed by atoms with E-state index in [-0.39, 0.29) is 17.0 Å². The zero-order chi connectivity index (χ0) is 18.8. The third-order valence-corrected chi connectivity index (χ3v) is 5.68. The van der Waals surface area contributed by atoms with Gasteiger partial charge in [0.1, 0.15) is 0 Å². The van der Waals surface area contributed by atoms with Gasteiger partial charge in [-0.25, -0.2) is 8.42 Å². The van der Waals surface area contributed by atoms with E-state index in [2.05, 4.69) is 0 Å². The van der Waals surface area contributed by atoms with Crippen LogP contribution in [0.3, 0.4) is 0 Å². The number of carbonyl (C=O) groups is 2. The van der Waals surface area contributed by atoms with Gasteiger partial charge in [0, 0.05) is 18.2 Å². The molecule has 0 aliphatic carbocycles. The highest BCUT2D eigenvalue weighted by molar-refractivity contribution is 7.90. The van der Waals surface area contributed by atoms with Crippen molar-refractivity contribution in [2.75, 3.05) is 6.54 Å². The van der Waals surface area contributed by atoms with Crippen molar-refractivity contribution in [1.29, 1.82) is 0 Å². The Bertz CT molecular complexity index is 748. The number of rotatable bonds is 5. The summed E-state index contributed by atoms with van der Waals surface area (Å²) in [5.41, 5.74) is 0.419. The quantitative estimate of drug-likeness (QED) is 0.851. The summed E-state index contributed by atoms with van der Waals surface area (Å²) in [6.07, 6.45) is 1.09. The Kier molecular flexibility index (Phi) is 5.76. The van der Waals surface area contributed by atoms with Gasteiger partial charge in [-0.2, -0.15) is 8.78 Å². The van der Waals surface area contributed by atoms with Crippen LogP contribution in [-0.2, 0) is 20.4 Å². The first-order valence-electron chi connectivity index (χ1n) is 7.76. The summed E-state index contributed by atoms with van der Waals surface area (Å²) in [5.74, 6) is -6.19. The minimum Gasteiger partial charge on any atom is -0.481 e.